The molecule has 0 radical (unpaired) electrons. The van der Waals surface area contributed by atoms with E-state index in [0.717, 1.165) is 49.0 Å². The molecule has 4 rings (SSSR count). The Balaban J connectivity index is 0.00000289. The van der Waals surface area contributed by atoms with Crippen molar-refractivity contribution in [1.29, 1.82) is 0 Å². The van der Waals surface area contributed by atoms with E-state index in [1.165, 1.54) is 0 Å². The second-order valence-corrected chi connectivity index (χ2v) is 8.74. The van der Waals surface area contributed by atoms with Gasteiger partial charge in [0.1, 0.15) is 6.61 Å². The standard InChI is InChI=1S/C24H27ClFNO4.ClH/c1-2-16-4-3-5-19(25)17(16)14-30-20-7-6-18-23(22(20)26)31-15-24(18)9-12-27(13-10-24)11-8-21(28)29;/h3-7H,2,8-15H2,1H3,(H,28,29);1H. The van der Waals surface area contributed by atoms with Crippen LogP contribution in [0.4, 0.5) is 4.39 Å². The molecule has 2 aromatic carbocycles. The van der Waals surface area contributed by atoms with E-state index in [-0.39, 0.29) is 42.3 Å². The van der Waals surface area contributed by atoms with Crippen LogP contribution in [0.3, 0.4) is 0 Å². The zero-order valence-electron chi connectivity index (χ0n) is 18.0. The number of rotatable bonds is 7. The molecule has 0 atom stereocenters. The minimum absolute atomic E-state index is 0. The van der Waals surface area contributed by atoms with Crippen molar-refractivity contribution in [3.63, 3.8) is 0 Å². The van der Waals surface area contributed by atoms with Gasteiger partial charge in [0.25, 0.3) is 0 Å². The monoisotopic (exact) mass is 483 g/mol. The number of nitrogens with zero attached hydrogens (tertiary/aromatic N) is 1. The maximum atomic E-state index is 15.2. The van der Waals surface area contributed by atoms with Gasteiger partial charge in [-0.05, 0) is 50.0 Å². The first-order valence-electron chi connectivity index (χ1n) is 10.7. The molecule has 5 nitrogen and oxygen atoms in total. The highest BCUT2D eigenvalue weighted by atomic mass is 35.5. The molecule has 1 spiro atoms. The number of likely N-dealkylation sites (tertiary alicyclic amines) is 1. The first-order chi connectivity index (χ1) is 14.9. The van der Waals surface area contributed by atoms with Gasteiger partial charge in [0, 0.05) is 28.1 Å². The maximum absolute atomic E-state index is 15.2. The zero-order chi connectivity index (χ0) is 22.0. The summed E-state index contributed by atoms with van der Waals surface area (Å²) in [6, 6.07) is 9.32. The Morgan fingerprint density at radius 3 is 2.72 bits per heavy atom. The Kier molecular flexibility index (Phi) is 7.91. The highest BCUT2D eigenvalue weighted by molar-refractivity contribution is 6.31. The summed E-state index contributed by atoms with van der Waals surface area (Å²) in [5.41, 5.74) is 2.63. The molecular formula is C24H28Cl2FNO4. The van der Waals surface area contributed by atoms with Crippen molar-refractivity contribution in [2.45, 2.75) is 44.6 Å². The molecule has 1 N–H and O–H groups in total. The third kappa shape index (κ3) is 4.82. The molecule has 32 heavy (non-hydrogen) atoms. The minimum Gasteiger partial charge on any atom is -0.489 e. The number of carboxylic acid groups (broad SMARTS) is 1. The Labute approximate surface area is 198 Å². The van der Waals surface area contributed by atoms with Crippen LogP contribution in [-0.2, 0) is 23.2 Å². The fourth-order valence-corrected chi connectivity index (χ4v) is 4.86. The van der Waals surface area contributed by atoms with Crippen molar-refractivity contribution >= 4 is 30.0 Å². The van der Waals surface area contributed by atoms with Crippen molar-refractivity contribution in [2.24, 2.45) is 0 Å². The predicted molar refractivity (Wildman–Crippen MR) is 124 cm³/mol. The number of hydrogen-bond acceptors (Lipinski definition) is 4. The van der Waals surface area contributed by atoms with Crippen LogP contribution in [-0.4, -0.2) is 42.2 Å². The topological polar surface area (TPSA) is 59.0 Å². The van der Waals surface area contributed by atoms with Crippen LogP contribution < -0.4 is 9.47 Å². The third-order valence-corrected chi connectivity index (χ3v) is 6.90. The molecule has 0 aromatic heterocycles. The van der Waals surface area contributed by atoms with E-state index in [9.17, 15) is 4.79 Å². The van der Waals surface area contributed by atoms with E-state index < -0.39 is 11.8 Å². The number of aliphatic carboxylic acids is 1. The van der Waals surface area contributed by atoms with Crippen molar-refractivity contribution in [3.05, 3.63) is 57.9 Å². The number of fused-ring (bicyclic) bond motifs is 2. The molecule has 0 aliphatic carbocycles. The minimum atomic E-state index is -0.785. The molecule has 2 aromatic rings. The molecule has 174 valence electrons. The molecule has 0 unspecified atom stereocenters. The van der Waals surface area contributed by atoms with Crippen LogP contribution in [0.15, 0.2) is 30.3 Å². The highest BCUT2D eigenvalue weighted by Crippen LogP contribution is 2.48. The molecule has 1 fully saturated rings. The van der Waals surface area contributed by atoms with Gasteiger partial charge in [-0.3, -0.25) is 4.79 Å². The summed E-state index contributed by atoms with van der Waals surface area (Å²) in [6.45, 7) is 4.79. The molecule has 2 aliphatic heterocycles. The second kappa shape index (κ2) is 10.3. The molecule has 1 saturated heterocycles. The van der Waals surface area contributed by atoms with Crippen LogP contribution in [0, 0.1) is 5.82 Å². The van der Waals surface area contributed by atoms with Crippen LogP contribution in [0.2, 0.25) is 5.02 Å². The van der Waals surface area contributed by atoms with Gasteiger partial charge in [0.05, 0.1) is 13.0 Å². The van der Waals surface area contributed by atoms with Gasteiger partial charge in [-0.2, -0.15) is 4.39 Å². The van der Waals surface area contributed by atoms with E-state index >= 15 is 4.39 Å². The number of carbonyl (C=O) groups is 1. The molecule has 2 aliphatic rings. The van der Waals surface area contributed by atoms with Gasteiger partial charge in [-0.15, -0.1) is 12.4 Å². The van der Waals surface area contributed by atoms with Gasteiger partial charge in [-0.25, -0.2) is 0 Å². The van der Waals surface area contributed by atoms with Crippen LogP contribution in [0.5, 0.6) is 11.5 Å². The Hall–Kier alpha value is -2.02. The number of hydrogen-bond donors (Lipinski definition) is 1. The molecule has 0 amide bonds. The SMILES string of the molecule is CCc1cccc(Cl)c1COc1ccc2c(c1F)OCC21CCN(CCC(=O)O)CC1.Cl. The summed E-state index contributed by atoms with van der Waals surface area (Å²) in [5, 5.41) is 9.51. The average Bonchev–Trinajstić information content (AvgIpc) is 3.12. The Morgan fingerprint density at radius 2 is 2.03 bits per heavy atom. The predicted octanol–water partition coefficient (Wildman–Crippen LogP) is 5.24. The largest absolute Gasteiger partial charge is 0.489 e. The molecule has 2 heterocycles. The van der Waals surface area contributed by atoms with Gasteiger partial charge < -0.3 is 19.5 Å². The van der Waals surface area contributed by atoms with Gasteiger partial charge in [0.2, 0.25) is 5.82 Å². The average molecular weight is 484 g/mol. The van der Waals surface area contributed by atoms with Crippen LogP contribution >= 0.6 is 24.0 Å². The molecule has 0 saturated carbocycles. The van der Waals surface area contributed by atoms with E-state index in [2.05, 4.69) is 4.90 Å². The number of benzene rings is 2. The van der Waals surface area contributed by atoms with Gasteiger partial charge in [0.15, 0.2) is 11.5 Å². The van der Waals surface area contributed by atoms with Gasteiger partial charge in [-0.1, -0.05) is 36.7 Å². The lowest BCUT2D eigenvalue weighted by Crippen LogP contribution is -2.44. The van der Waals surface area contributed by atoms with Crippen LogP contribution in [0.25, 0.3) is 0 Å². The lowest BCUT2D eigenvalue weighted by Gasteiger charge is -2.38. The molecule has 8 heteroatoms. The smallest absolute Gasteiger partial charge is 0.304 e. The fourth-order valence-electron chi connectivity index (χ4n) is 4.61. The summed E-state index contributed by atoms with van der Waals surface area (Å²) in [4.78, 5) is 13.0. The lowest BCUT2D eigenvalue weighted by molar-refractivity contribution is -0.137. The number of carboxylic acids is 1. The quantitative estimate of drug-likeness (QED) is 0.583. The van der Waals surface area contributed by atoms with E-state index in [4.69, 9.17) is 26.2 Å². The fraction of sp³-hybridized carbons (Fsp3) is 0.458. The number of piperidine rings is 1. The lowest BCUT2D eigenvalue weighted by atomic mass is 9.74. The van der Waals surface area contributed by atoms with Crippen molar-refractivity contribution in [3.8, 4) is 11.5 Å². The summed E-state index contributed by atoms with van der Waals surface area (Å²) < 4.78 is 26.9. The first-order valence-corrected chi connectivity index (χ1v) is 11.1. The Bertz CT molecular complexity index is 977. The van der Waals surface area contributed by atoms with Crippen molar-refractivity contribution < 1.29 is 23.8 Å². The van der Waals surface area contributed by atoms with Crippen molar-refractivity contribution in [1.82, 2.24) is 4.90 Å². The normalized spacial score (nSPS) is 16.8. The van der Waals surface area contributed by atoms with E-state index in [1.54, 1.807) is 6.07 Å². The number of ether oxygens (including phenoxy) is 2. The Morgan fingerprint density at radius 1 is 1.28 bits per heavy atom. The number of halogens is 3. The first kappa shape index (κ1) is 24.6. The molecular weight excluding hydrogens is 456 g/mol. The number of aryl methyl sites for hydroxylation is 1. The van der Waals surface area contributed by atoms with Crippen molar-refractivity contribution in [2.75, 3.05) is 26.2 Å². The molecule has 0 bridgehead atoms. The summed E-state index contributed by atoms with van der Waals surface area (Å²) in [5.74, 6) is -0.803. The van der Waals surface area contributed by atoms with E-state index in [0.29, 0.717) is 18.2 Å². The summed E-state index contributed by atoms with van der Waals surface area (Å²) in [7, 11) is 0. The summed E-state index contributed by atoms with van der Waals surface area (Å²) >= 11 is 6.32. The van der Waals surface area contributed by atoms with E-state index in [1.807, 2.05) is 31.2 Å². The third-order valence-electron chi connectivity index (χ3n) is 6.55. The highest BCUT2D eigenvalue weighted by Gasteiger charge is 2.44. The van der Waals surface area contributed by atoms with Gasteiger partial charge >= 0.3 is 5.97 Å². The summed E-state index contributed by atoms with van der Waals surface area (Å²) in [6.07, 6.45) is 2.60. The van der Waals surface area contributed by atoms with Crippen LogP contribution in [0.1, 0.15) is 42.9 Å². The second-order valence-electron chi connectivity index (χ2n) is 8.33. The maximum Gasteiger partial charge on any atom is 0.304 e. The zero-order valence-corrected chi connectivity index (χ0v) is 19.6.